The molecule has 0 amide bonds. The van der Waals surface area contributed by atoms with Gasteiger partial charge in [0.15, 0.2) is 11.8 Å². The predicted octanol–water partition coefficient (Wildman–Crippen LogP) is 1.48. The molecule has 0 radical (unpaired) electrons. The van der Waals surface area contributed by atoms with Crippen LogP contribution in [0, 0.1) is 12.8 Å². The van der Waals surface area contributed by atoms with Crippen molar-refractivity contribution in [3.05, 3.63) is 11.6 Å². The van der Waals surface area contributed by atoms with Gasteiger partial charge in [0.2, 0.25) is 0 Å². The van der Waals surface area contributed by atoms with Crippen LogP contribution in [0.25, 0.3) is 0 Å². The van der Waals surface area contributed by atoms with Crippen molar-refractivity contribution in [1.29, 1.82) is 0 Å². The van der Waals surface area contributed by atoms with E-state index in [1.807, 2.05) is 18.5 Å². The van der Waals surface area contributed by atoms with Gasteiger partial charge in [-0.3, -0.25) is 0 Å². The molecule has 1 saturated carbocycles. The number of aromatic nitrogens is 3. The highest BCUT2D eigenvalue weighted by Gasteiger charge is 2.22. The Balaban J connectivity index is 1.67. The Morgan fingerprint density at radius 2 is 2.12 bits per heavy atom. The molecule has 1 aromatic heterocycles. The van der Waals surface area contributed by atoms with Crippen LogP contribution in [-0.2, 0) is 18.3 Å². The van der Waals surface area contributed by atoms with Crippen molar-refractivity contribution in [3.63, 3.8) is 0 Å². The average molecular weight is 334 g/mol. The first kappa shape index (κ1) is 17.2. The van der Waals surface area contributed by atoms with Gasteiger partial charge in [0.25, 0.3) is 0 Å². The average Bonchev–Trinajstić information content (AvgIpc) is 3.30. The quantitative estimate of drug-likeness (QED) is 0.652. The minimum atomic E-state index is 0.548. The first-order chi connectivity index (χ1) is 11.6. The summed E-state index contributed by atoms with van der Waals surface area (Å²) in [5, 5.41) is 12.0. The maximum absolute atomic E-state index is 5.51. The predicted molar refractivity (Wildman–Crippen MR) is 93.8 cm³/mol. The van der Waals surface area contributed by atoms with Crippen LogP contribution in [0.1, 0.15) is 43.8 Å². The van der Waals surface area contributed by atoms with Gasteiger partial charge in [-0.2, -0.15) is 0 Å². The van der Waals surface area contributed by atoms with Gasteiger partial charge < -0.3 is 19.5 Å². The molecule has 7 heteroatoms. The van der Waals surface area contributed by atoms with E-state index in [0.717, 1.165) is 43.8 Å². The fourth-order valence-corrected chi connectivity index (χ4v) is 3.46. The molecular formula is C17H30N6O. The summed E-state index contributed by atoms with van der Waals surface area (Å²) in [4.78, 5) is 7.09. The molecule has 0 bridgehead atoms. The maximum atomic E-state index is 5.51. The summed E-state index contributed by atoms with van der Waals surface area (Å²) >= 11 is 0. The minimum Gasteiger partial charge on any atom is -0.381 e. The van der Waals surface area contributed by atoms with Crippen LogP contribution in [0.15, 0.2) is 4.99 Å². The van der Waals surface area contributed by atoms with Crippen molar-refractivity contribution < 1.29 is 4.74 Å². The summed E-state index contributed by atoms with van der Waals surface area (Å²) in [6.45, 7) is 5.25. The summed E-state index contributed by atoms with van der Waals surface area (Å²) in [5.41, 5.74) is 0. The highest BCUT2D eigenvalue weighted by Crippen LogP contribution is 2.19. The number of ether oxygens (including phenoxy) is 1. The number of hydrogen-bond donors (Lipinski definition) is 1. The molecule has 0 aromatic carbocycles. The molecule has 0 spiro atoms. The van der Waals surface area contributed by atoms with Gasteiger partial charge in [0, 0.05) is 39.2 Å². The highest BCUT2D eigenvalue weighted by molar-refractivity contribution is 5.80. The van der Waals surface area contributed by atoms with E-state index in [-0.39, 0.29) is 0 Å². The Morgan fingerprint density at radius 3 is 2.75 bits per heavy atom. The number of rotatable bonds is 5. The molecule has 2 aliphatic rings. The van der Waals surface area contributed by atoms with Crippen molar-refractivity contribution in [3.8, 4) is 0 Å². The Morgan fingerprint density at radius 1 is 1.33 bits per heavy atom. The number of nitrogens with one attached hydrogen (secondary N) is 1. The lowest BCUT2D eigenvalue weighted by Crippen LogP contribution is -2.45. The Bertz CT molecular complexity index is 557. The van der Waals surface area contributed by atoms with Crippen LogP contribution in [0.4, 0.5) is 0 Å². The molecule has 2 heterocycles. The molecule has 1 atom stereocenters. The number of aliphatic imine (C=N–C) groups is 1. The zero-order chi connectivity index (χ0) is 16.9. The third-order valence-electron chi connectivity index (χ3n) is 5.16. The second-order valence-electron chi connectivity index (χ2n) is 7.10. The summed E-state index contributed by atoms with van der Waals surface area (Å²) in [6, 6.07) is 0.548. The molecule has 1 unspecified atom stereocenters. The SMILES string of the molecule is Cc1nnc(CN=C(NC2CCCC2)N(C)CC2CCOC2)n1C. The third kappa shape index (κ3) is 4.26. The number of guanidine groups is 1. The van der Waals surface area contributed by atoms with E-state index in [1.165, 1.54) is 25.7 Å². The van der Waals surface area contributed by atoms with Crippen LogP contribution in [0.5, 0.6) is 0 Å². The second kappa shape index (κ2) is 7.96. The highest BCUT2D eigenvalue weighted by atomic mass is 16.5. The smallest absolute Gasteiger partial charge is 0.194 e. The van der Waals surface area contributed by atoms with E-state index < -0.39 is 0 Å². The lowest BCUT2D eigenvalue weighted by atomic mass is 10.1. The second-order valence-corrected chi connectivity index (χ2v) is 7.10. The van der Waals surface area contributed by atoms with E-state index >= 15 is 0 Å². The molecule has 134 valence electrons. The van der Waals surface area contributed by atoms with E-state index in [4.69, 9.17) is 9.73 Å². The summed E-state index contributed by atoms with van der Waals surface area (Å²) in [7, 11) is 4.12. The van der Waals surface area contributed by atoms with E-state index in [0.29, 0.717) is 18.5 Å². The van der Waals surface area contributed by atoms with Gasteiger partial charge in [-0.1, -0.05) is 12.8 Å². The molecule has 24 heavy (non-hydrogen) atoms. The lowest BCUT2D eigenvalue weighted by Gasteiger charge is -2.27. The molecule has 1 saturated heterocycles. The van der Waals surface area contributed by atoms with Crippen molar-refractivity contribution in [2.75, 3.05) is 26.8 Å². The monoisotopic (exact) mass is 334 g/mol. The zero-order valence-corrected chi connectivity index (χ0v) is 15.2. The number of hydrogen-bond acceptors (Lipinski definition) is 4. The molecule has 3 rings (SSSR count). The van der Waals surface area contributed by atoms with Crippen LogP contribution < -0.4 is 5.32 Å². The maximum Gasteiger partial charge on any atom is 0.194 e. The van der Waals surface area contributed by atoms with Gasteiger partial charge in [0.05, 0.1) is 6.61 Å². The van der Waals surface area contributed by atoms with Gasteiger partial charge >= 0.3 is 0 Å². The van der Waals surface area contributed by atoms with Gasteiger partial charge in [-0.25, -0.2) is 4.99 Å². The van der Waals surface area contributed by atoms with Gasteiger partial charge in [-0.15, -0.1) is 10.2 Å². The van der Waals surface area contributed by atoms with Crippen molar-refractivity contribution in [2.24, 2.45) is 18.0 Å². The van der Waals surface area contributed by atoms with E-state index in [9.17, 15) is 0 Å². The van der Waals surface area contributed by atoms with Crippen molar-refractivity contribution in [2.45, 2.75) is 51.6 Å². The molecular weight excluding hydrogens is 304 g/mol. The fraction of sp³-hybridized carbons (Fsp3) is 0.824. The third-order valence-corrected chi connectivity index (χ3v) is 5.16. The summed E-state index contributed by atoms with van der Waals surface area (Å²) in [5.74, 6) is 3.40. The first-order valence-electron chi connectivity index (χ1n) is 9.08. The van der Waals surface area contributed by atoms with Crippen LogP contribution in [0.3, 0.4) is 0 Å². The molecule has 1 aliphatic carbocycles. The largest absolute Gasteiger partial charge is 0.381 e. The molecule has 7 nitrogen and oxygen atoms in total. The summed E-state index contributed by atoms with van der Waals surface area (Å²) < 4.78 is 7.51. The molecule has 1 N–H and O–H groups in total. The van der Waals surface area contributed by atoms with Gasteiger partial charge in [-0.05, 0) is 26.2 Å². The number of nitrogens with zero attached hydrogens (tertiary/aromatic N) is 5. The Labute approximate surface area is 144 Å². The van der Waals surface area contributed by atoms with Crippen LogP contribution >= 0.6 is 0 Å². The molecule has 2 fully saturated rings. The molecule has 1 aliphatic heterocycles. The summed E-state index contributed by atoms with van der Waals surface area (Å²) in [6.07, 6.45) is 6.25. The van der Waals surface area contributed by atoms with Crippen molar-refractivity contribution in [1.82, 2.24) is 25.0 Å². The standard InChI is InChI=1S/C17H30N6O/c1-13-20-21-16(23(13)3)10-18-17(19-15-6-4-5-7-15)22(2)11-14-8-9-24-12-14/h14-15H,4-12H2,1-3H3,(H,18,19). The van der Waals surface area contributed by atoms with Crippen LogP contribution in [0.2, 0.25) is 0 Å². The van der Waals surface area contributed by atoms with Gasteiger partial charge in [0.1, 0.15) is 12.4 Å². The van der Waals surface area contributed by atoms with E-state index in [2.05, 4.69) is 27.5 Å². The number of aryl methyl sites for hydroxylation is 1. The topological polar surface area (TPSA) is 67.6 Å². The first-order valence-corrected chi connectivity index (χ1v) is 9.08. The lowest BCUT2D eigenvalue weighted by molar-refractivity contribution is 0.181. The zero-order valence-electron chi connectivity index (χ0n) is 15.2. The van der Waals surface area contributed by atoms with E-state index in [1.54, 1.807) is 0 Å². The van der Waals surface area contributed by atoms with Crippen molar-refractivity contribution >= 4 is 5.96 Å². The molecule has 1 aromatic rings. The Kier molecular flexibility index (Phi) is 5.71. The normalized spacial score (nSPS) is 22.3. The fourth-order valence-electron chi connectivity index (χ4n) is 3.46. The van der Waals surface area contributed by atoms with Crippen LogP contribution in [-0.4, -0.2) is 58.5 Å². The Hall–Kier alpha value is -1.63. The minimum absolute atomic E-state index is 0.548.